The van der Waals surface area contributed by atoms with Crippen LogP contribution >= 0.6 is 7.82 Å². The van der Waals surface area contributed by atoms with Gasteiger partial charge in [-0.05, 0) is 48.5 Å². The Hall–Kier alpha value is -3.92. The number of aliphatic hydroxyl groups excluding tert-OH is 1. The summed E-state index contributed by atoms with van der Waals surface area (Å²) < 4.78 is 117. The average Bonchev–Trinajstić information content (AvgIpc) is 3.16. The summed E-state index contributed by atoms with van der Waals surface area (Å²) in [4.78, 5) is 24.9. The molecule has 1 aliphatic heterocycles. The molecule has 1 fully saturated rings. The monoisotopic (exact) mass is 624 g/mol. The molecule has 228 valence electrons. The smallest absolute Gasteiger partial charge is 0.497 e. The highest BCUT2D eigenvalue weighted by molar-refractivity contribution is 7.49. The van der Waals surface area contributed by atoms with E-state index in [4.69, 9.17) is 27.8 Å². The normalized spacial score (nSPS) is 21.7. The van der Waals surface area contributed by atoms with Gasteiger partial charge in [-0.15, -0.1) is 0 Å². The maximum atomic E-state index is 15.3. The zero-order chi connectivity index (χ0) is 30.9. The molecule has 0 aliphatic carbocycles. The van der Waals surface area contributed by atoms with Crippen LogP contribution in [0.1, 0.15) is 6.23 Å². The Balaban J connectivity index is 1.69. The maximum absolute atomic E-state index is 15.3. The largest absolute Gasteiger partial charge is 0.587 e. The van der Waals surface area contributed by atoms with Gasteiger partial charge in [0.25, 0.3) is 12.0 Å². The molecule has 42 heavy (non-hydrogen) atoms. The van der Waals surface area contributed by atoms with Crippen LogP contribution in [-0.2, 0) is 13.8 Å². The summed E-state index contributed by atoms with van der Waals surface area (Å²) in [6, 6.07) is 10.4. The van der Waals surface area contributed by atoms with Crippen molar-refractivity contribution in [3.8, 4) is 23.0 Å². The zero-order valence-electron chi connectivity index (χ0n) is 21.5. The van der Waals surface area contributed by atoms with E-state index in [1.165, 1.54) is 67.7 Å². The van der Waals surface area contributed by atoms with Crippen LogP contribution in [0.15, 0.2) is 64.3 Å². The van der Waals surface area contributed by atoms with E-state index in [0.29, 0.717) is 11.5 Å². The van der Waals surface area contributed by atoms with Gasteiger partial charge in [0, 0.05) is 0 Å². The number of nitrogens with one attached hydrogen (secondary N) is 1. The molecule has 2 N–H and O–H groups in total. The lowest BCUT2D eigenvalue weighted by Gasteiger charge is -2.33. The number of alkyl halides is 4. The molecule has 2 aromatic carbocycles. The number of phosphoric acid groups is 1. The highest BCUT2D eigenvalue weighted by Crippen LogP contribution is 2.56. The summed E-state index contributed by atoms with van der Waals surface area (Å²) in [7, 11) is -2.40. The number of rotatable bonds is 11. The Bertz CT molecular complexity index is 1510. The standard InChI is InChI=1S/C24H22F5N2O10P/c1-36-13-3-7-15(8-4-13)40-42(35,41-16-9-5-14(37-2)6-10-16)38-12-23(21(26)27)24(28,29)18(32)20(39-23)31-11-17(25)19(33)30-22(31)34/h3-11,18,20-21,32H,12H2,1-2H3,(H,30,33,34)/t18-,20+,23-/m0/s1. The molecule has 1 aliphatic rings. The molecule has 0 spiro atoms. The molecule has 1 aromatic heterocycles. The van der Waals surface area contributed by atoms with Crippen molar-refractivity contribution in [3.05, 3.63) is 81.4 Å². The number of aromatic nitrogens is 2. The van der Waals surface area contributed by atoms with Gasteiger partial charge in [0.1, 0.15) is 29.6 Å². The number of benzene rings is 2. The zero-order valence-corrected chi connectivity index (χ0v) is 22.4. The number of hydrogen-bond donors (Lipinski definition) is 2. The van der Waals surface area contributed by atoms with E-state index in [0.717, 1.165) is 0 Å². The second kappa shape index (κ2) is 11.8. The molecule has 0 saturated carbocycles. The van der Waals surface area contributed by atoms with Crippen molar-refractivity contribution in [2.24, 2.45) is 0 Å². The van der Waals surface area contributed by atoms with Gasteiger partial charge in [-0.3, -0.25) is 18.9 Å². The summed E-state index contributed by atoms with van der Waals surface area (Å²) in [5.41, 5.74) is -7.17. The van der Waals surface area contributed by atoms with Crippen molar-refractivity contribution < 1.29 is 59.4 Å². The molecule has 0 radical (unpaired) electrons. The topological polar surface area (TPSA) is 148 Å². The minimum atomic E-state index is -5.12. The van der Waals surface area contributed by atoms with Gasteiger partial charge >= 0.3 is 19.4 Å². The number of phosphoric ester groups is 1. The number of H-pyrrole nitrogens is 1. The summed E-state index contributed by atoms with van der Waals surface area (Å²) in [6.45, 7) is -1.94. The lowest BCUT2D eigenvalue weighted by atomic mass is 9.95. The third-order valence-electron chi connectivity index (χ3n) is 6.08. The highest BCUT2D eigenvalue weighted by Gasteiger charge is 2.74. The van der Waals surface area contributed by atoms with Crippen molar-refractivity contribution in [1.29, 1.82) is 0 Å². The Morgan fingerprint density at radius 1 is 0.976 bits per heavy atom. The van der Waals surface area contributed by atoms with Gasteiger partial charge in [-0.25, -0.2) is 18.1 Å². The van der Waals surface area contributed by atoms with Gasteiger partial charge in [0.15, 0.2) is 12.3 Å². The van der Waals surface area contributed by atoms with Crippen molar-refractivity contribution in [2.45, 2.75) is 30.3 Å². The van der Waals surface area contributed by atoms with Gasteiger partial charge in [-0.2, -0.15) is 13.2 Å². The quantitative estimate of drug-likeness (QED) is 0.240. The van der Waals surface area contributed by atoms with Crippen LogP contribution in [-0.4, -0.2) is 59.5 Å². The molecule has 4 rings (SSSR count). The van der Waals surface area contributed by atoms with E-state index in [1.54, 1.807) is 0 Å². The van der Waals surface area contributed by atoms with Crippen LogP contribution in [0.4, 0.5) is 22.0 Å². The fraction of sp³-hybridized carbons (Fsp3) is 0.333. The van der Waals surface area contributed by atoms with E-state index in [-0.39, 0.29) is 22.3 Å². The maximum Gasteiger partial charge on any atom is 0.587 e. The molecule has 18 heteroatoms. The molecule has 1 saturated heterocycles. The number of aromatic amines is 1. The van der Waals surface area contributed by atoms with Gasteiger partial charge < -0.3 is 28.4 Å². The predicted octanol–water partition coefficient (Wildman–Crippen LogP) is 3.50. The second-order valence-corrected chi connectivity index (χ2v) is 10.2. The SMILES string of the molecule is COc1ccc(OP(=O)(OC[C@@]2(C(F)F)O[C@@H](n3cc(F)c(=O)[nH]c3=O)[C@H](O)C2(F)F)Oc2ccc(OC)cc2)cc1. The fourth-order valence-corrected chi connectivity index (χ4v) is 5.07. The van der Waals surface area contributed by atoms with Gasteiger partial charge in [0.2, 0.25) is 11.4 Å². The van der Waals surface area contributed by atoms with E-state index in [9.17, 15) is 32.4 Å². The molecule has 0 amide bonds. The molecule has 0 bridgehead atoms. The molecule has 3 aromatic rings. The lowest BCUT2D eigenvalue weighted by Crippen LogP contribution is -2.57. The minimum absolute atomic E-state index is 0.0409. The van der Waals surface area contributed by atoms with E-state index < -0.39 is 61.8 Å². The Labute approximate surface area is 232 Å². The Morgan fingerprint density at radius 2 is 1.45 bits per heavy atom. The number of hydrogen-bond acceptors (Lipinski definition) is 10. The third-order valence-corrected chi connectivity index (χ3v) is 7.39. The van der Waals surface area contributed by atoms with Crippen molar-refractivity contribution in [1.82, 2.24) is 9.55 Å². The average molecular weight is 624 g/mol. The first kappa shape index (κ1) is 31.0. The van der Waals surface area contributed by atoms with Gasteiger partial charge in [-0.1, -0.05) is 0 Å². The summed E-state index contributed by atoms with van der Waals surface area (Å²) >= 11 is 0. The third kappa shape index (κ3) is 5.86. The first-order chi connectivity index (χ1) is 19.7. The van der Waals surface area contributed by atoms with Crippen molar-refractivity contribution >= 4 is 7.82 Å². The van der Waals surface area contributed by atoms with Crippen molar-refractivity contribution in [2.75, 3.05) is 20.8 Å². The van der Waals surface area contributed by atoms with Crippen LogP contribution < -0.4 is 29.8 Å². The molecule has 12 nitrogen and oxygen atoms in total. The second-order valence-electron chi connectivity index (χ2n) is 8.66. The number of aliphatic hydroxyl groups is 1. The van der Waals surface area contributed by atoms with Crippen LogP contribution in [0, 0.1) is 5.82 Å². The Morgan fingerprint density at radius 3 is 1.90 bits per heavy atom. The van der Waals surface area contributed by atoms with Crippen LogP contribution in [0.25, 0.3) is 0 Å². The highest BCUT2D eigenvalue weighted by atomic mass is 31.2. The van der Waals surface area contributed by atoms with Crippen molar-refractivity contribution in [3.63, 3.8) is 0 Å². The Kier molecular flexibility index (Phi) is 8.68. The fourth-order valence-electron chi connectivity index (χ4n) is 3.81. The summed E-state index contributed by atoms with van der Waals surface area (Å²) in [5, 5.41) is 10.2. The van der Waals surface area contributed by atoms with E-state index >= 15 is 8.78 Å². The number of nitrogens with zero attached hydrogens (tertiary/aromatic N) is 1. The summed E-state index contributed by atoms with van der Waals surface area (Å²) in [6.07, 6.45) is -9.90. The number of ether oxygens (including phenoxy) is 3. The number of halogens is 5. The minimum Gasteiger partial charge on any atom is -0.497 e. The molecule has 3 atom stereocenters. The van der Waals surface area contributed by atoms with Crippen LogP contribution in [0.2, 0.25) is 0 Å². The van der Waals surface area contributed by atoms with E-state index in [1.807, 2.05) is 0 Å². The number of methoxy groups -OCH3 is 2. The molecule has 0 unspecified atom stereocenters. The first-order valence-corrected chi connectivity index (χ1v) is 13.2. The van der Waals surface area contributed by atoms with Gasteiger partial charge in [0.05, 0.1) is 20.4 Å². The van der Waals surface area contributed by atoms with E-state index in [2.05, 4.69) is 0 Å². The lowest BCUT2D eigenvalue weighted by molar-refractivity contribution is -0.242. The van der Waals surface area contributed by atoms with Crippen LogP contribution in [0.5, 0.6) is 23.0 Å². The first-order valence-electron chi connectivity index (χ1n) is 11.7. The predicted molar refractivity (Wildman–Crippen MR) is 132 cm³/mol. The molecular formula is C24H22F5N2O10P. The summed E-state index contributed by atoms with van der Waals surface area (Å²) in [5.74, 6) is -6.32. The molecular weight excluding hydrogens is 602 g/mol. The van der Waals surface area contributed by atoms with Crippen LogP contribution in [0.3, 0.4) is 0 Å². The molecule has 2 heterocycles.